The van der Waals surface area contributed by atoms with Crippen LogP contribution in [0.3, 0.4) is 0 Å². The lowest BCUT2D eigenvalue weighted by Gasteiger charge is -2.09. The summed E-state index contributed by atoms with van der Waals surface area (Å²) >= 11 is 0. The zero-order valence-corrected chi connectivity index (χ0v) is 10.9. The smallest absolute Gasteiger partial charge is 0.129 e. The van der Waals surface area contributed by atoms with Crippen LogP contribution in [0, 0.1) is 12.7 Å². The minimum absolute atomic E-state index is 0.205. The number of rotatable bonds is 7. The Bertz CT molecular complexity index is 339. The molecule has 0 aromatic heterocycles. The summed E-state index contributed by atoms with van der Waals surface area (Å²) in [5.74, 6) is 0.411. The van der Waals surface area contributed by atoms with E-state index in [9.17, 15) is 4.39 Å². The quantitative estimate of drug-likeness (QED) is 0.737. The molecule has 0 unspecified atom stereocenters. The number of nitrogens with one attached hydrogen (secondary N) is 1. The van der Waals surface area contributed by atoms with Crippen LogP contribution in [0.25, 0.3) is 0 Å². The predicted molar refractivity (Wildman–Crippen MR) is 69.0 cm³/mol. The molecule has 0 fully saturated rings. The average molecular weight is 239 g/mol. The van der Waals surface area contributed by atoms with E-state index in [1.54, 1.807) is 13.0 Å². The number of aryl methyl sites for hydroxylation is 1. The van der Waals surface area contributed by atoms with Gasteiger partial charge < -0.3 is 10.1 Å². The highest BCUT2D eigenvalue weighted by Gasteiger charge is 2.00. The van der Waals surface area contributed by atoms with Crippen molar-refractivity contribution in [2.45, 2.75) is 39.7 Å². The number of halogens is 1. The van der Waals surface area contributed by atoms with Crippen molar-refractivity contribution in [2.75, 3.05) is 13.2 Å². The Hall–Kier alpha value is -1.09. The summed E-state index contributed by atoms with van der Waals surface area (Å²) in [4.78, 5) is 0. The zero-order chi connectivity index (χ0) is 12.7. The molecule has 0 aliphatic rings. The molecular weight excluding hydrogens is 217 g/mol. The molecule has 1 aromatic rings. The van der Waals surface area contributed by atoms with Crippen molar-refractivity contribution >= 4 is 0 Å². The molecule has 1 N–H and O–H groups in total. The summed E-state index contributed by atoms with van der Waals surface area (Å²) in [5.41, 5.74) is 0.651. The van der Waals surface area contributed by atoms with Crippen molar-refractivity contribution in [1.82, 2.24) is 5.32 Å². The number of benzene rings is 1. The van der Waals surface area contributed by atoms with Gasteiger partial charge in [-0.3, -0.25) is 0 Å². The van der Waals surface area contributed by atoms with Crippen molar-refractivity contribution < 1.29 is 9.13 Å². The highest BCUT2D eigenvalue weighted by atomic mass is 19.1. The van der Waals surface area contributed by atoms with Gasteiger partial charge in [0.2, 0.25) is 0 Å². The van der Waals surface area contributed by atoms with E-state index in [2.05, 4.69) is 19.2 Å². The molecule has 1 rings (SSSR count). The topological polar surface area (TPSA) is 21.3 Å². The molecule has 0 aliphatic carbocycles. The Morgan fingerprint density at radius 3 is 2.71 bits per heavy atom. The van der Waals surface area contributed by atoms with Gasteiger partial charge in [0, 0.05) is 12.1 Å². The maximum Gasteiger partial charge on any atom is 0.129 e. The Labute approximate surface area is 103 Å². The van der Waals surface area contributed by atoms with Gasteiger partial charge in [0.15, 0.2) is 0 Å². The molecule has 0 amide bonds. The molecule has 0 heterocycles. The molecule has 0 aliphatic heterocycles. The summed E-state index contributed by atoms with van der Waals surface area (Å²) in [6.07, 6.45) is 2.06. The molecule has 0 saturated carbocycles. The summed E-state index contributed by atoms with van der Waals surface area (Å²) in [6, 6.07) is 5.53. The van der Waals surface area contributed by atoms with Crippen LogP contribution in [0.5, 0.6) is 5.75 Å². The lowest BCUT2D eigenvalue weighted by atomic mass is 10.2. The second-order valence-electron chi connectivity index (χ2n) is 4.58. The van der Waals surface area contributed by atoms with Crippen molar-refractivity contribution in [3.05, 3.63) is 29.6 Å². The summed E-state index contributed by atoms with van der Waals surface area (Å²) in [7, 11) is 0. The van der Waals surface area contributed by atoms with Gasteiger partial charge in [-0.15, -0.1) is 0 Å². The first-order valence-electron chi connectivity index (χ1n) is 6.22. The van der Waals surface area contributed by atoms with Gasteiger partial charge >= 0.3 is 0 Å². The van der Waals surface area contributed by atoms with E-state index in [0.29, 0.717) is 24.0 Å². The van der Waals surface area contributed by atoms with Gasteiger partial charge in [-0.2, -0.15) is 0 Å². The summed E-state index contributed by atoms with van der Waals surface area (Å²) < 4.78 is 18.7. The number of ether oxygens (including phenoxy) is 1. The van der Waals surface area contributed by atoms with Gasteiger partial charge in [-0.1, -0.05) is 19.9 Å². The van der Waals surface area contributed by atoms with Gasteiger partial charge in [0.1, 0.15) is 11.6 Å². The molecule has 17 heavy (non-hydrogen) atoms. The highest BCUT2D eigenvalue weighted by Crippen LogP contribution is 2.15. The van der Waals surface area contributed by atoms with E-state index in [-0.39, 0.29) is 5.82 Å². The van der Waals surface area contributed by atoms with Gasteiger partial charge in [-0.05, 0) is 37.9 Å². The highest BCUT2D eigenvalue weighted by molar-refractivity contribution is 5.27. The van der Waals surface area contributed by atoms with Crippen LogP contribution < -0.4 is 10.1 Å². The van der Waals surface area contributed by atoms with E-state index in [4.69, 9.17) is 4.74 Å². The second kappa shape index (κ2) is 7.28. The van der Waals surface area contributed by atoms with Gasteiger partial charge in [0.05, 0.1) is 6.61 Å². The van der Waals surface area contributed by atoms with E-state index in [1.165, 1.54) is 6.07 Å². The zero-order valence-electron chi connectivity index (χ0n) is 10.9. The molecule has 96 valence electrons. The Balaban J connectivity index is 2.16. The molecule has 1 aromatic carbocycles. The van der Waals surface area contributed by atoms with E-state index >= 15 is 0 Å². The van der Waals surface area contributed by atoms with Gasteiger partial charge in [0.25, 0.3) is 0 Å². The van der Waals surface area contributed by atoms with Crippen LogP contribution in [0.2, 0.25) is 0 Å². The normalized spacial score (nSPS) is 10.9. The first-order valence-corrected chi connectivity index (χ1v) is 6.22. The molecule has 0 radical (unpaired) electrons. The Morgan fingerprint density at radius 1 is 1.29 bits per heavy atom. The largest absolute Gasteiger partial charge is 0.493 e. The van der Waals surface area contributed by atoms with Crippen LogP contribution in [-0.4, -0.2) is 19.2 Å². The van der Waals surface area contributed by atoms with Crippen LogP contribution in [-0.2, 0) is 0 Å². The van der Waals surface area contributed by atoms with Crippen molar-refractivity contribution in [3.8, 4) is 5.75 Å². The van der Waals surface area contributed by atoms with Crippen molar-refractivity contribution in [3.63, 3.8) is 0 Å². The minimum atomic E-state index is -0.205. The number of hydrogen-bond donors (Lipinski definition) is 1. The minimum Gasteiger partial charge on any atom is -0.493 e. The van der Waals surface area contributed by atoms with E-state index < -0.39 is 0 Å². The third kappa shape index (κ3) is 5.68. The SMILES string of the molecule is Cc1ccc(OCCCCNC(C)C)cc1F. The van der Waals surface area contributed by atoms with E-state index in [0.717, 1.165) is 19.4 Å². The first kappa shape index (κ1) is 14.0. The van der Waals surface area contributed by atoms with Crippen LogP contribution in [0.15, 0.2) is 18.2 Å². The molecular formula is C14H22FNO. The fourth-order valence-electron chi connectivity index (χ4n) is 1.47. The molecule has 0 atom stereocenters. The van der Waals surface area contributed by atoms with E-state index in [1.807, 2.05) is 6.07 Å². The monoisotopic (exact) mass is 239 g/mol. The number of hydrogen-bond acceptors (Lipinski definition) is 2. The second-order valence-corrected chi connectivity index (χ2v) is 4.58. The molecule has 2 nitrogen and oxygen atoms in total. The van der Waals surface area contributed by atoms with Crippen molar-refractivity contribution in [2.24, 2.45) is 0 Å². The molecule has 3 heteroatoms. The fourth-order valence-corrected chi connectivity index (χ4v) is 1.47. The lowest BCUT2D eigenvalue weighted by molar-refractivity contribution is 0.303. The fraction of sp³-hybridized carbons (Fsp3) is 0.571. The Kier molecular flexibility index (Phi) is 5.98. The average Bonchev–Trinajstić information content (AvgIpc) is 2.27. The maximum absolute atomic E-state index is 13.2. The van der Waals surface area contributed by atoms with Gasteiger partial charge in [-0.25, -0.2) is 4.39 Å². The maximum atomic E-state index is 13.2. The van der Waals surface area contributed by atoms with Crippen LogP contribution in [0.4, 0.5) is 4.39 Å². The third-order valence-electron chi connectivity index (χ3n) is 2.54. The standard InChI is InChI=1S/C14H22FNO/c1-11(2)16-8-4-5-9-17-13-7-6-12(3)14(15)10-13/h6-7,10-11,16H,4-5,8-9H2,1-3H3. The summed E-state index contributed by atoms with van der Waals surface area (Å²) in [5, 5.41) is 3.35. The molecule has 0 saturated heterocycles. The van der Waals surface area contributed by atoms with Crippen molar-refractivity contribution in [1.29, 1.82) is 0 Å². The molecule has 0 spiro atoms. The Morgan fingerprint density at radius 2 is 2.06 bits per heavy atom. The van der Waals surface area contributed by atoms with Crippen LogP contribution in [0.1, 0.15) is 32.3 Å². The number of unbranched alkanes of at least 4 members (excludes halogenated alkanes) is 1. The molecule has 0 bridgehead atoms. The predicted octanol–water partition coefficient (Wildman–Crippen LogP) is 3.29. The van der Waals surface area contributed by atoms with Crippen LogP contribution >= 0.6 is 0 Å². The first-order chi connectivity index (χ1) is 8.09. The third-order valence-corrected chi connectivity index (χ3v) is 2.54. The lowest BCUT2D eigenvalue weighted by Crippen LogP contribution is -2.23. The summed E-state index contributed by atoms with van der Waals surface area (Å²) in [6.45, 7) is 7.65.